The van der Waals surface area contributed by atoms with Crippen molar-refractivity contribution in [2.24, 2.45) is 0 Å². The van der Waals surface area contributed by atoms with Gasteiger partial charge in [-0.15, -0.1) is 0 Å². The third-order valence-corrected chi connectivity index (χ3v) is 4.54. The van der Waals surface area contributed by atoms with Gasteiger partial charge < -0.3 is 30.2 Å². The van der Waals surface area contributed by atoms with Crippen LogP contribution in [0.3, 0.4) is 0 Å². The van der Waals surface area contributed by atoms with E-state index in [1.807, 2.05) is 13.0 Å². The van der Waals surface area contributed by atoms with Crippen molar-refractivity contribution in [3.05, 3.63) is 58.8 Å². The zero-order valence-electron chi connectivity index (χ0n) is 15.9. The zero-order chi connectivity index (χ0) is 20.4. The number of para-hydroxylation sites is 1. The van der Waals surface area contributed by atoms with Crippen LogP contribution in [0, 0.1) is 0 Å². The second-order valence-corrected chi connectivity index (χ2v) is 6.71. The summed E-state index contributed by atoms with van der Waals surface area (Å²) < 4.78 is 5.42. The number of phenols is 1. The minimum atomic E-state index is -1.27. The number of nitrogens with zero attached hydrogens (tertiary/aromatic N) is 1. The van der Waals surface area contributed by atoms with Crippen molar-refractivity contribution in [3.8, 4) is 5.75 Å². The van der Waals surface area contributed by atoms with E-state index in [4.69, 9.17) is 4.42 Å². The van der Waals surface area contributed by atoms with Crippen molar-refractivity contribution in [2.75, 3.05) is 19.4 Å². The van der Waals surface area contributed by atoms with E-state index in [2.05, 4.69) is 10.6 Å². The smallest absolute Gasteiger partial charge is 0.257 e. The van der Waals surface area contributed by atoms with Crippen molar-refractivity contribution in [3.63, 3.8) is 0 Å². The van der Waals surface area contributed by atoms with Crippen LogP contribution in [0.25, 0.3) is 0 Å². The lowest BCUT2D eigenvalue weighted by Crippen LogP contribution is -2.45. The molecule has 1 unspecified atom stereocenters. The number of rotatable bonds is 7. The number of hydrogen-bond acceptors (Lipinski definition) is 7. The van der Waals surface area contributed by atoms with E-state index in [1.165, 1.54) is 11.0 Å². The number of anilines is 1. The molecule has 1 aliphatic carbocycles. The average Bonchev–Trinajstić information content (AvgIpc) is 3.15. The molecule has 1 heterocycles. The number of furan rings is 1. The molecular formula is C20H23N3O5. The molecule has 4 N–H and O–H groups in total. The van der Waals surface area contributed by atoms with Gasteiger partial charge in [-0.3, -0.25) is 9.59 Å². The number of aromatic hydroxyl groups is 1. The topological polar surface area (TPSA) is 115 Å². The molecule has 0 saturated carbocycles. The van der Waals surface area contributed by atoms with Gasteiger partial charge in [0.2, 0.25) is 5.78 Å². The summed E-state index contributed by atoms with van der Waals surface area (Å²) in [5.41, 5.74) is 1.82. The van der Waals surface area contributed by atoms with E-state index < -0.39 is 11.9 Å². The number of phenolic OH excluding ortho intramolecular Hbond substituents is 1. The Kier molecular flexibility index (Phi) is 5.41. The zero-order valence-corrected chi connectivity index (χ0v) is 15.9. The predicted molar refractivity (Wildman–Crippen MR) is 103 cm³/mol. The first-order valence-corrected chi connectivity index (χ1v) is 8.90. The number of carbonyl (C=O) groups is 2. The summed E-state index contributed by atoms with van der Waals surface area (Å²) in [6.07, 6.45) is 1.25. The van der Waals surface area contributed by atoms with Gasteiger partial charge in [0.15, 0.2) is 11.9 Å². The maximum Gasteiger partial charge on any atom is 0.257 e. The highest BCUT2D eigenvalue weighted by atomic mass is 16.3. The molecule has 8 heteroatoms. The van der Waals surface area contributed by atoms with Gasteiger partial charge in [-0.05, 0) is 30.2 Å². The number of carbonyl (C=O) groups excluding carboxylic acids is 2. The molecule has 0 fully saturated rings. The Hall–Kier alpha value is -3.26. The molecule has 0 aliphatic heterocycles. The number of aryl methyl sites for hydroxylation is 1. The lowest BCUT2D eigenvalue weighted by molar-refractivity contribution is -0.124. The molecule has 0 bridgehead atoms. The monoisotopic (exact) mass is 385 g/mol. The minimum absolute atomic E-state index is 0.111. The Morgan fingerprint density at radius 3 is 2.71 bits per heavy atom. The summed E-state index contributed by atoms with van der Waals surface area (Å²) in [5, 5.41) is 26.2. The fourth-order valence-electron chi connectivity index (χ4n) is 2.85. The number of aliphatic hydroxyl groups is 1. The Labute approximate surface area is 162 Å². The van der Waals surface area contributed by atoms with Gasteiger partial charge in [-0.25, -0.2) is 0 Å². The van der Waals surface area contributed by atoms with Crippen LogP contribution in [0.4, 0.5) is 5.69 Å². The summed E-state index contributed by atoms with van der Waals surface area (Å²) in [7, 11) is 3.16. The summed E-state index contributed by atoms with van der Waals surface area (Å²) >= 11 is 0. The van der Waals surface area contributed by atoms with Gasteiger partial charge in [0.25, 0.3) is 5.91 Å². The maximum absolute atomic E-state index is 12.2. The molecule has 1 aliphatic rings. The Morgan fingerprint density at radius 2 is 2.07 bits per heavy atom. The Balaban J connectivity index is 1.80. The molecule has 0 saturated heterocycles. The van der Waals surface area contributed by atoms with Gasteiger partial charge in [0, 0.05) is 14.1 Å². The fraction of sp³-hybridized carbons (Fsp3) is 0.300. The SMILES string of the molecule is CCc1coc(CNC2=C(Nc3cccc(C(=O)N(C)C)c3O)C(=O)C2O)c1. The van der Waals surface area contributed by atoms with Crippen LogP contribution in [-0.2, 0) is 17.8 Å². The highest BCUT2D eigenvalue weighted by Crippen LogP contribution is 2.32. The third-order valence-electron chi connectivity index (χ3n) is 4.54. The van der Waals surface area contributed by atoms with Crippen molar-refractivity contribution in [1.29, 1.82) is 0 Å². The van der Waals surface area contributed by atoms with E-state index >= 15 is 0 Å². The van der Waals surface area contributed by atoms with Gasteiger partial charge >= 0.3 is 0 Å². The maximum atomic E-state index is 12.2. The van der Waals surface area contributed by atoms with Crippen molar-refractivity contribution in [1.82, 2.24) is 10.2 Å². The highest BCUT2D eigenvalue weighted by molar-refractivity contribution is 6.11. The Bertz CT molecular complexity index is 945. The lowest BCUT2D eigenvalue weighted by Gasteiger charge is -2.29. The predicted octanol–water partition coefficient (Wildman–Crippen LogP) is 1.61. The van der Waals surface area contributed by atoms with Crippen LogP contribution in [0.1, 0.15) is 28.6 Å². The van der Waals surface area contributed by atoms with E-state index in [9.17, 15) is 19.8 Å². The lowest BCUT2D eigenvalue weighted by atomic mass is 9.94. The number of benzene rings is 1. The number of ketones is 1. The number of Topliss-reactive ketones (excluding diaryl/α,β-unsaturated/α-hetero) is 1. The largest absolute Gasteiger partial charge is 0.505 e. The highest BCUT2D eigenvalue weighted by Gasteiger charge is 2.38. The number of hydrogen-bond donors (Lipinski definition) is 4. The van der Waals surface area contributed by atoms with Crippen molar-refractivity contribution >= 4 is 17.4 Å². The van der Waals surface area contributed by atoms with Crippen LogP contribution < -0.4 is 10.6 Å². The Morgan fingerprint density at radius 1 is 1.32 bits per heavy atom. The first-order chi connectivity index (χ1) is 13.3. The van der Waals surface area contributed by atoms with Crippen molar-refractivity contribution in [2.45, 2.75) is 26.0 Å². The van der Waals surface area contributed by atoms with Gasteiger partial charge in [0.05, 0.1) is 29.8 Å². The molecule has 1 amide bonds. The quantitative estimate of drug-likeness (QED) is 0.535. The summed E-state index contributed by atoms with van der Waals surface area (Å²) in [5.74, 6) is -0.449. The standard InChI is InChI=1S/C20H23N3O5/c1-4-11-8-12(28-10-11)9-21-15-16(19(26)18(15)25)22-14-7-5-6-13(17(14)24)20(27)23(2)3/h5-8,10,18,21-22,24-25H,4,9H2,1-3H3. The van der Waals surface area contributed by atoms with Crippen LogP contribution in [-0.4, -0.2) is 47.0 Å². The first kappa shape index (κ1) is 19.5. The van der Waals surface area contributed by atoms with Gasteiger partial charge in [-0.2, -0.15) is 0 Å². The minimum Gasteiger partial charge on any atom is -0.505 e. The summed E-state index contributed by atoms with van der Waals surface area (Å²) in [6.45, 7) is 2.32. The molecule has 1 aromatic heterocycles. The fourth-order valence-corrected chi connectivity index (χ4v) is 2.85. The van der Waals surface area contributed by atoms with E-state index in [0.29, 0.717) is 18.0 Å². The molecule has 0 spiro atoms. The molecule has 8 nitrogen and oxygen atoms in total. The average molecular weight is 385 g/mol. The molecular weight excluding hydrogens is 362 g/mol. The van der Waals surface area contributed by atoms with E-state index in [-0.39, 0.29) is 28.6 Å². The first-order valence-electron chi connectivity index (χ1n) is 8.90. The van der Waals surface area contributed by atoms with Gasteiger partial charge in [0.1, 0.15) is 11.5 Å². The molecule has 1 aromatic carbocycles. The van der Waals surface area contributed by atoms with E-state index in [0.717, 1.165) is 12.0 Å². The molecule has 1 atom stereocenters. The van der Waals surface area contributed by atoms with E-state index in [1.54, 1.807) is 32.5 Å². The van der Waals surface area contributed by atoms with Crippen LogP contribution in [0.5, 0.6) is 5.75 Å². The van der Waals surface area contributed by atoms with Crippen molar-refractivity contribution < 1.29 is 24.2 Å². The normalized spacial score (nSPS) is 16.0. The molecule has 148 valence electrons. The molecule has 28 heavy (non-hydrogen) atoms. The molecule has 0 radical (unpaired) electrons. The number of amides is 1. The molecule has 3 rings (SSSR count). The van der Waals surface area contributed by atoms with Crippen LogP contribution in [0.2, 0.25) is 0 Å². The second kappa shape index (κ2) is 7.77. The third kappa shape index (κ3) is 3.59. The number of aliphatic hydroxyl groups excluding tert-OH is 1. The molecule has 2 aromatic rings. The van der Waals surface area contributed by atoms with Crippen LogP contribution >= 0.6 is 0 Å². The number of nitrogens with one attached hydrogen (secondary N) is 2. The van der Waals surface area contributed by atoms with Crippen LogP contribution in [0.15, 0.2) is 46.3 Å². The second-order valence-electron chi connectivity index (χ2n) is 6.71. The summed E-state index contributed by atoms with van der Waals surface area (Å²) in [6, 6.07) is 6.54. The summed E-state index contributed by atoms with van der Waals surface area (Å²) in [4.78, 5) is 25.6. The van der Waals surface area contributed by atoms with Gasteiger partial charge in [-0.1, -0.05) is 13.0 Å².